The van der Waals surface area contributed by atoms with E-state index in [2.05, 4.69) is 4.57 Å². The summed E-state index contributed by atoms with van der Waals surface area (Å²) in [5.74, 6) is 3.21. The molecule has 206 valence electrons. The lowest BCUT2D eigenvalue weighted by atomic mass is 9.98. The molecule has 0 saturated carbocycles. The van der Waals surface area contributed by atoms with Crippen molar-refractivity contribution in [1.29, 1.82) is 0 Å². The van der Waals surface area contributed by atoms with Gasteiger partial charge in [0.15, 0.2) is 28.7 Å². The summed E-state index contributed by atoms with van der Waals surface area (Å²) in [5, 5.41) is 0. The number of ether oxygens (including phenoxy) is 5. The van der Waals surface area contributed by atoms with Crippen molar-refractivity contribution in [2.45, 2.75) is 52.2 Å². The second-order valence-corrected chi connectivity index (χ2v) is 11.0. The molecule has 6 rings (SSSR count). The Morgan fingerprint density at radius 3 is 2.67 bits per heavy atom. The fourth-order valence-corrected chi connectivity index (χ4v) is 5.67. The molecule has 39 heavy (non-hydrogen) atoms. The Labute approximate surface area is 228 Å². The summed E-state index contributed by atoms with van der Waals surface area (Å²) in [7, 11) is 1.65. The maximum Gasteiger partial charge on any atom is 0.274 e. The summed E-state index contributed by atoms with van der Waals surface area (Å²) in [4.78, 5) is 21.1. The third-order valence-electron chi connectivity index (χ3n) is 7.47. The highest BCUT2D eigenvalue weighted by Gasteiger charge is 2.39. The van der Waals surface area contributed by atoms with Crippen LogP contribution in [0.4, 0.5) is 0 Å². The first-order valence-corrected chi connectivity index (χ1v) is 13.6. The monoisotopic (exact) mass is 533 g/mol. The van der Waals surface area contributed by atoms with Gasteiger partial charge in [-0.05, 0) is 64.3 Å². The number of hydrogen-bond donors (Lipinski definition) is 0. The molecule has 1 aromatic heterocycles. The van der Waals surface area contributed by atoms with Gasteiger partial charge in [0.1, 0.15) is 19.0 Å². The Balaban J connectivity index is 1.58. The van der Waals surface area contributed by atoms with E-state index in [9.17, 15) is 4.79 Å². The van der Waals surface area contributed by atoms with Gasteiger partial charge in [0, 0.05) is 12.6 Å². The first-order chi connectivity index (χ1) is 18.8. The average Bonchev–Trinajstić information content (AvgIpc) is 3.31. The molecule has 0 radical (unpaired) electrons. The van der Waals surface area contributed by atoms with Crippen molar-refractivity contribution in [3.05, 3.63) is 47.3 Å². The van der Waals surface area contributed by atoms with Crippen LogP contribution in [0.2, 0.25) is 0 Å². The lowest BCUT2D eigenvalue weighted by molar-refractivity contribution is -0.0373. The van der Waals surface area contributed by atoms with Gasteiger partial charge in [-0.1, -0.05) is 6.07 Å². The Morgan fingerprint density at radius 2 is 1.90 bits per heavy atom. The Morgan fingerprint density at radius 1 is 1.08 bits per heavy atom. The number of carbonyl (C=O) groups is 1. The number of carbonyl (C=O) groups excluding carboxylic acids is 1. The van der Waals surface area contributed by atoms with Crippen molar-refractivity contribution >= 4 is 5.91 Å². The maximum absolute atomic E-state index is 14.1. The molecule has 1 fully saturated rings. The second kappa shape index (κ2) is 9.79. The number of methoxy groups -OCH3 is 1. The number of imidazole rings is 1. The third-order valence-corrected chi connectivity index (χ3v) is 7.47. The van der Waals surface area contributed by atoms with Crippen molar-refractivity contribution in [2.75, 3.05) is 40.1 Å². The van der Waals surface area contributed by atoms with Gasteiger partial charge < -0.3 is 28.6 Å². The Kier molecular flexibility index (Phi) is 6.41. The standard InChI is InChI=1S/C30H35N3O6/c1-18(2)39-25-16-22-19(15-24(25)35-5)9-10-21-26(29(34)32-11-12-36-17-30(32,3)4)31-28(33(21)22)20-7-6-8-23-27(20)38-14-13-37-23/h6-8,15-16,18H,9-14,17H2,1-5H3. The predicted octanol–water partition coefficient (Wildman–Crippen LogP) is 4.46. The zero-order valence-corrected chi connectivity index (χ0v) is 23.2. The zero-order valence-electron chi connectivity index (χ0n) is 23.2. The fraction of sp³-hybridized carbons (Fsp3) is 0.467. The van der Waals surface area contributed by atoms with Gasteiger partial charge in [-0.3, -0.25) is 9.36 Å². The van der Waals surface area contributed by atoms with Crippen LogP contribution in [0, 0.1) is 0 Å². The van der Waals surface area contributed by atoms with Crippen LogP contribution >= 0.6 is 0 Å². The van der Waals surface area contributed by atoms with E-state index in [0.717, 1.165) is 28.9 Å². The number of hydrogen-bond acceptors (Lipinski definition) is 7. The molecular weight excluding hydrogens is 498 g/mol. The number of benzene rings is 2. The summed E-state index contributed by atoms with van der Waals surface area (Å²) >= 11 is 0. The Bertz CT molecular complexity index is 1430. The van der Waals surface area contributed by atoms with Gasteiger partial charge in [0.25, 0.3) is 5.91 Å². The molecule has 0 spiro atoms. The average molecular weight is 534 g/mol. The molecule has 9 heteroatoms. The van der Waals surface area contributed by atoms with Gasteiger partial charge in [-0.15, -0.1) is 0 Å². The minimum atomic E-state index is -0.437. The molecule has 3 aromatic rings. The van der Waals surface area contributed by atoms with Crippen LogP contribution < -0.4 is 18.9 Å². The minimum Gasteiger partial charge on any atom is -0.493 e. The molecule has 0 aliphatic carbocycles. The van der Waals surface area contributed by atoms with Crippen LogP contribution in [0.5, 0.6) is 23.0 Å². The van der Waals surface area contributed by atoms with Crippen molar-refractivity contribution in [3.8, 4) is 40.1 Å². The SMILES string of the molecule is COc1cc2c(cc1OC(C)C)-n1c(-c3cccc4c3OCCO4)nc(C(=O)N3CCOCC3(C)C)c1CC2. The van der Waals surface area contributed by atoms with Gasteiger partial charge in [0.2, 0.25) is 0 Å². The van der Waals surface area contributed by atoms with Crippen LogP contribution in [0.3, 0.4) is 0 Å². The van der Waals surface area contributed by atoms with Crippen LogP contribution in [0.25, 0.3) is 17.1 Å². The zero-order chi connectivity index (χ0) is 27.3. The van der Waals surface area contributed by atoms with E-state index in [4.69, 9.17) is 28.7 Å². The molecule has 0 unspecified atom stereocenters. The number of amides is 1. The molecule has 0 bridgehead atoms. The molecule has 0 atom stereocenters. The van der Waals surface area contributed by atoms with Gasteiger partial charge in [-0.2, -0.15) is 0 Å². The van der Waals surface area contributed by atoms with E-state index < -0.39 is 5.54 Å². The molecule has 1 saturated heterocycles. The van der Waals surface area contributed by atoms with Crippen molar-refractivity contribution in [3.63, 3.8) is 0 Å². The third kappa shape index (κ3) is 4.38. The summed E-state index contributed by atoms with van der Waals surface area (Å²) in [6, 6.07) is 9.84. The van der Waals surface area contributed by atoms with Crippen molar-refractivity contribution in [2.24, 2.45) is 0 Å². The predicted molar refractivity (Wildman–Crippen MR) is 146 cm³/mol. The molecule has 4 heterocycles. The number of fused-ring (bicyclic) bond motifs is 4. The van der Waals surface area contributed by atoms with Crippen molar-refractivity contribution in [1.82, 2.24) is 14.5 Å². The van der Waals surface area contributed by atoms with E-state index in [1.165, 1.54) is 0 Å². The van der Waals surface area contributed by atoms with Crippen LogP contribution in [0.15, 0.2) is 30.3 Å². The minimum absolute atomic E-state index is 0.0327. The number of morpholine rings is 1. The highest BCUT2D eigenvalue weighted by atomic mass is 16.6. The van der Waals surface area contributed by atoms with E-state index in [1.807, 2.05) is 62.9 Å². The number of aromatic nitrogens is 2. The molecule has 3 aliphatic rings. The molecule has 1 amide bonds. The second-order valence-electron chi connectivity index (χ2n) is 11.0. The van der Waals surface area contributed by atoms with Gasteiger partial charge >= 0.3 is 0 Å². The molecule has 3 aliphatic heterocycles. The molecule has 9 nitrogen and oxygen atoms in total. The van der Waals surface area contributed by atoms with E-state index in [0.29, 0.717) is 73.9 Å². The maximum atomic E-state index is 14.1. The smallest absolute Gasteiger partial charge is 0.274 e. The number of nitrogens with zero attached hydrogens (tertiary/aromatic N) is 3. The summed E-state index contributed by atoms with van der Waals surface area (Å²) in [5.41, 5.74) is 3.70. The van der Waals surface area contributed by atoms with Crippen molar-refractivity contribution < 1.29 is 28.5 Å². The topological polar surface area (TPSA) is 84.3 Å². The Hall–Kier alpha value is -3.72. The van der Waals surface area contributed by atoms with Crippen LogP contribution in [-0.2, 0) is 17.6 Å². The van der Waals surface area contributed by atoms with E-state index in [1.54, 1.807) is 7.11 Å². The van der Waals surface area contributed by atoms with E-state index in [-0.39, 0.29) is 12.0 Å². The number of rotatable bonds is 5. The first kappa shape index (κ1) is 25.6. The first-order valence-electron chi connectivity index (χ1n) is 13.6. The lowest BCUT2D eigenvalue weighted by Crippen LogP contribution is -2.55. The molecule has 2 aromatic carbocycles. The molecule has 0 N–H and O–H groups in total. The summed E-state index contributed by atoms with van der Waals surface area (Å²) in [6.45, 7) is 10.5. The van der Waals surface area contributed by atoms with E-state index >= 15 is 0 Å². The molecular formula is C30H35N3O6. The van der Waals surface area contributed by atoms with Gasteiger partial charge in [0.05, 0.1) is 48.9 Å². The van der Waals surface area contributed by atoms with Crippen LogP contribution in [0.1, 0.15) is 49.4 Å². The lowest BCUT2D eigenvalue weighted by Gasteiger charge is -2.41. The summed E-state index contributed by atoms with van der Waals surface area (Å²) in [6.07, 6.45) is 1.37. The highest BCUT2D eigenvalue weighted by Crippen LogP contribution is 2.44. The highest BCUT2D eigenvalue weighted by molar-refractivity contribution is 5.95. The largest absolute Gasteiger partial charge is 0.493 e. The normalized spacial score (nSPS) is 17.4. The number of para-hydroxylation sites is 1. The fourth-order valence-electron chi connectivity index (χ4n) is 5.67. The summed E-state index contributed by atoms with van der Waals surface area (Å²) < 4.78 is 31.6. The quantitative estimate of drug-likeness (QED) is 0.479. The van der Waals surface area contributed by atoms with Gasteiger partial charge in [-0.25, -0.2) is 4.98 Å². The number of aryl methyl sites for hydroxylation is 1. The van der Waals surface area contributed by atoms with Crippen LogP contribution in [-0.4, -0.2) is 72.1 Å².